The second-order valence-electron chi connectivity index (χ2n) is 2.96. The van der Waals surface area contributed by atoms with Crippen molar-refractivity contribution in [3.63, 3.8) is 0 Å². The number of para-hydroxylation sites is 1. The van der Waals surface area contributed by atoms with E-state index in [1.54, 1.807) is 30.1 Å². The van der Waals surface area contributed by atoms with E-state index in [4.69, 9.17) is 4.55 Å². The zero-order chi connectivity index (χ0) is 10.8. The van der Waals surface area contributed by atoms with Crippen molar-refractivity contribution in [1.29, 1.82) is 0 Å². The first-order valence-electron chi connectivity index (χ1n) is 4.24. The number of hydrogen-bond acceptors (Lipinski definition) is 3. The first kappa shape index (κ1) is 11.0. The van der Waals surface area contributed by atoms with Crippen molar-refractivity contribution in [3.8, 4) is 0 Å². The van der Waals surface area contributed by atoms with E-state index in [0.717, 1.165) is 0 Å². The predicted octanol–water partition coefficient (Wildman–Crippen LogP) is 1.39. The van der Waals surface area contributed by atoms with Crippen LogP contribution in [0.15, 0.2) is 29.2 Å². The van der Waals surface area contributed by atoms with Gasteiger partial charge in [-0.15, -0.1) is 0 Å². The molecule has 78 valence electrons. The second kappa shape index (κ2) is 3.98. The fraction of sp³-hybridized carbons (Fsp3) is 0.333. The third kappa shape index (κ3) is 2.24. The van der Waals surface area contributed by atoms with Gasteiger partial charge in [0.25, 0.3) is 10.1 Å². The van der Waals surface area contributed by atoms with Gasteiger partial charge in [0.05, 0.1) is 5.69 Å². The van der Waals surface area contributed by atoms with Crippen LogP contribution in [0.5, 0.6) is 0 Å². The fourth-order valence-corrected chi connectivity index (χ4v) is 1.90. The van der Waals surface area contributed by atoms with Crippen molar-refractivity contribution in [3.05, 3.63) is 24.3 Å². The van der Waals surface area contributed by atoms with Crippen molar-refractivity contribution >= 4 is 15.8 Å². The van der Waals surface area contributed by atoms with Crippen LogP contribution in [0, 0.1) is 0 Å². The Morgan fingerprint density at radius 1 is 1.36 bits per heavy atom. The highest BCUT2D eigenvalue weighted by Crippen LogP contribution is 2.23. The van der Waals surface area contributed by atoms with E-state index in [-0.39, 0.29) is 4.90 Å². The van der Waals surface area contributed by atoms with Gasteiger partial charge < -0.3 is 4.90 Å². The number of anilines is 1. The highest BCUT2D eigenvalue weighted by atomic mass is 32.2. The van der Waals surface area contributed by atoms with Gasteiger partial charge >= 0.3 is 0 Å². The van der Waals surface area contributed by atoms with Gasteiger partial charge in [0.2, 0.25) is 0 Å². The summed E-state index contributed by atoms with van der Waals surface area (Å²) in [5.41, 5.74) is 0.512. The summed E-state index contributed by atoms with van der Waals surface area (Å²) in [6.45, 7) is 2.58. The third-order valence-corrected chi connectivity index (χ3v) is 2.93. The maximum absolute atomic E-state index is 11.0. The van der Waals surface area contributed by atoms with E-state index in [1.807, 2.05) is 6.92 Å². The molecule has 0 unspecified atom stereocenters. The summed E-state index contributed by atoms with van der Waals surface area (Å²) in [5.74, 6) is 0. The number of nitrogens with zero attached hydrogens (tertiary/aromatic N) is 1. The smallest absolute Gasteiger partial charge is 0.296 e. The lowest BCUT2D eigenvalue weighted by Crippen LogP contribution is -2.18. The molecule has 0 amide bonds. The van der Waals surface area contributed by atoms with Crippen molar-refractivity contribution in [2.75, 3.05) is 18.5 Å². The van der Waals surface area contributed by atoms with Crippen LogP contribution in [-0.4, -0.2) is 26.6 Å². The Morgan fingerprint density at radius 3 is 2.43 bits per heavy atom. The number of hydrogen-bond donors (Lipinski definition) is 1. The molecule has 0 heterocycles. The van der Waals surface area contributed by atoms with Gasteiger partial charge in [0.15, 0.2) is 0 Å². The molecule has 0 spiro atoms. The SMILES string of the molecule is CCN(C)c1ccccc1S(=O)(=O)O. The molecule has 0 radical (unpaired) electrons. The van der Waals surface area contributed by atoms with Crippen LogP contribution in [0.1, 0.15) is 6.92 Å². The third-order valence-electron chi connectivity index (χ3n) is 2.03. The van der Waals surface area contributed by atoms with Crippen molar-refractivity contribution in [2.24, 2.45) is 0 Å². The largest absolute Gasteiger partial charge is 0.374 e. The lowest BCUT2D eigenvalue weighted by atomic mass is 10.3. The van der Waals surface area contributed by atoms with E-state index in [1.165, 1.54) is 6.07 Å². The number of rotatable bonds is 3. The zero-order valence-corrected chi connectivity index (χ0v) is 8.95. The normalized spacial score (nSPS) is 11.4. The zero-order valence-electron chi connectivity index (χ0n) is 8.14. The van der Waals surface area contributed by atoms with Gasteiger partial charge in [-0.25, -0.2) is 0 Å². The first-order chi connectivity index (χ1) is 6.46. The fourth-order valence-electron chi connectivity index (χ4n) is 1.16. The molecular weight excluding hydrogens is 202 g/mol. The molecule has 1 aromatic carbocycles. The van der Waals surface area contributed by atoms with Gasteiger partial charge in [-0.05, 0) is 19.1 Å². The van der Waals surface area contributed by atoms with Crippen LogP contribution in [0.25, 0.3) is 0 Å². The standard InChI is InChI=1S/C9H13NO3S/c1-3-10(2)8-6-4-5-7-9(8)14(11,12)13/h4-7H,3H2,1-2H3,(H,11,12,13). The monoisotopic (exact) mass is 215 g/mol. The summed E-state index contributed by atoms with van der Waals surface area (Å²) in [5, 5.41) is 0. The maximum atomic E-state index is 11.0. The molecular formula is C9H13NO3S. The average molecular weight is 215 g/mol. The predicted molar refractivity (Wildman–Crippen MR) is 55.2 cm³/mol. The molecule has 0 saturated carbocycles. The highest BCUT2D eigenvalue weighted by Gasteiger charge is 2.16. The number of benzene rings is 1. The van der Waals surface area contributed by atoms with Crippen LogP contribution in [0.4, 0.5) is 5.69 Å². The van der Waals surface area contributed by atoms with Crippen LogP contribution in [-0.2, 0) is 10.1 Å². The molecule has 0 aromatic heterocycles. The minimum absolute atomic E-state index is 0.0515. The van der Waals surface area contributed by atoms with Crippen LogP contribution in [0.3, 0.4) is 0 Å². The summed E-state index contributed by atoms with van der Waals surface area (Å²) in [6.07, 6.45) is 0. The van der Waals surface area contributed by atoms with Crippen molar-refractivity contribution in [2.45, 2.75) is 11.8 Å². The molecule has 14 heavy (non-hydrogen) atoms. The van der Waals surface area contributed by atoms with Crippen molar-refractivity contribution < 1.29 is 13.0 Å². The van der Waals surface area contributed by atoms with Crippen LogP contribution < -0.4 is 4.90 Å². The summed E-state index contributed by atoms with van der Waals surface area (Å²) < 4.78 is 31.0. The molecule has 0 aliphatic carbocycles. The molecule has 0 fully saturated rings. The summed E-state index contributed by atoms with van der Waals surface area (Å²) in [4.78, 5) is 1.70. The Bertz CT molecular complexity index is 414. The van der Waals surface area contributed by atoms with Gasteiger partial charge in [0, 0.05) is 13.6 Å². The highest BCUT2D eigenvalue weighted by molar-refractivity contribution is 7.86. The Balaban J connectivity index is 3.30. The minimum Gasteiger partial charge on any atom is -0.374 e. The summed E-state index contributed by atoms with van der Waals surface area (Å²) in [7, 11) is -2.36. The molecule has 0 aliphatic rings. The quantitative estimate of drug-likeness (QED) is 0.774. The Morgan fingerprint density at radius 2 is 1.93 bits per heavy atom. The summed E-state index contributed by atoms with van der Waals surface area (Å²) in [6, 6.07) is 6.36. The van der Waals surface area contributed by atoms with Crippen LogP contribution in [0.2, 0.25) is 0 Å². The average Bonchev–Trinajstić information content (AvgIpc) is 2.15. The van der Waals surface area contributed by atoms with Crippen LogP contribution >= 0.6 is 0 Å². The van der Waals surface area contributed by atoms with Gasteiger partial charge in [-0.2, -0.15) is 8.42 Å². The Labute approximate surface area is 83.9 Å². The Kier molecular flexibility index (Phi) is 3.13. The first-order valence-corrected chi connectivity index (χ1v) is 5.68. The molecule has 4 nitrogen and oxygen atoms in total. The lowest BCUT2D eigenvalue weighted by Gasteiger charge is -2.18. The van der Waals surface area contributed by atoms with E-state index in [0.29, 0.717) is 12.2 Å². The molecule has 0 saturated heterocycles. The van der Waals surface area contributed by atoms with Crippen molar-refractivity contribution in [1.82, 2.24) is 0 Å². The topological polar surface area (TPSA) is 57.6 Å². The maximum Gasteiger partial charge on any atom is 0.296 e. The lowest BCUT2D eigenvalue weighted by molar-refractivity contribution is 0.483. The van der Waals surface area contributed by atoms with E-state index in [9.17, 15) is 8.42 Å². The minimum atomic E-state index is -4.13. The van der Waals surface area contributed by atoms with E-state index in [2.05, 4.69) is 0 Å². The molecule has 0 atom stereocenters. The second-order valence-corrected chi connectivity index (χ2v) is 4.35. The molecule has 1 N–H and O–H groups in total. The molecule has 0 bridgehead atoms. The molecule has 1 aromatic rings. The molecule has 1 rings (SSSR count). The molecule has 5 heteroatoms. The van der Waals surface area contributed by atoms with E-state index >= 15 is 0 Å². The molecule has 0 aliphatic heterocycles. The van der Waals surface area contributed by atoms with Gasteiger partial charge in [-0.1, -0.05) is 12.1 Å². The van der Waals surface area contributed by atoms with Gasteiger partial charge in [0.1, 0.15) is 4.90 Å². The summed E-state index contributed by atoms with van der Waals surface area (Å²) >= 11 is 0. The van der Waals surface area contributed by atoms with E-state index < -0.39 is 10.1 Å². The Hall–Kier alpha value is -1.07. The van der Waals surface area contributed by atoms with Gasteiger partial charge in [-0.3, -0.25) is 4.55 Å².